The first-order valence-corrected chi connectivity index (χ1v) is 10.0. The lowest BCUT2D eigenvalue weighted by Gasteiger charge is -2.41. The molecule has 6 heteroatoms. The number of carbonyl (C=O) groups excluding carboxylic acids is 1. The van der Waals surface area contributed by atoms with Crippen LogP contribution < -0.4 is 0 Å². The van der Waals surface area contributed by atoms with Crippen molar-refractivity contribution in [2.75, 3.05) is 32.8 Å². The van der Waals surface area contributed by atoms with Crippen molar-refractivity contribution in [2.45, 2.75) is 38.3 Å². The summed E-state index contributed by atoms with van der Waals surface area (Å²) in [4.78, 5) is 17.5. The zero-order chi connectivity index (χ0) is 18.2. The van der Waals surface area contributed by atoms with Gasteiger partial charge in [-0.1, -0.05) is 24.3 Å². The average Bonchev–Trinajstić information content (AvgIpc) is 3.17. The second-order valence-corrected chi connectivity index (χ2v) is 7.83. The van der Waals surface area contributed by atoms with E-state index in [1.807, 2.05) is 4.90 Å². The highest BCUT2D eigenvalue weighted by Gasteiger charge is 2.31. The number of aromatic nitrogens is 2. The van der Waals surface area contributed by atoms with Crippen molar-refractivity contribution in [1.29, 1.82) is 0 Å². The molecule has 6 nitrogen and oxygen atoms in total. The number of nitrogens with zero attached hydrogens (tertiary/aromatic N) is 3. The smallest absolute Gasteiger partial charge is 0.274 e. The standard InChI is InChI=1S/C21H26N4O2/c26-21(20-18-14-27-12-7-19(18)22-23-20)25-10-8-24(9-11-25)17-6-5-15-3-1-2-4-16(15)13-17/h1-4,17H,5-14H2,(H,22,23). The molecule has 2 aromatic rings. The number of carbonyl (C=O) groups is 1. The first-order chi connectivity index (χ1) is 13.3. The molecule has 0 bridgehead atoms. The maximum Gasteiger partial charge on any atom is 0.274 e. The fraction of sp³-hybridized carbons (Fsp3) is 0.524. The quantitative estimate of drug-likeness (QED) is 0.880. The number of fused-ring (bicyclic) bond motifs is 2. The van der Waals surface area contributed by atoms with Crippen molar-refractivity contribution in [1.82, 2.24) is 20.0 Å². The molecule has 27 heavy (non-hydrogen) atoms. The summed E-state index contributed by atoms with van der Waals surface area (Å²) < 4.78 is 5.52. The molecule has 1 N–H and O–H groups in total. The highest BCUT2D eigenvalue weighted by Crippen LogP contribution is 2.26. The predicted octanol–water partition coefficient (Wildman–Crippen LogP) is 1.80. The van der Waals surface area contributed by atoms with Crippen LogP contribution in [0.15, 0.2) is 24.3 Å². The predicted molar refractivity (Wildman–Crippen MR) is 102 cm³/mol. The van der Waals surface area contributed by atoms with Crippen LogP contribution in [0, 0.1) is 0 Å². The van der Waals surface area contributed by atoms with Gasteiger partial charge in [-0.25, -0.2) is 0 Å². The van der Waals surface area contributed by atoms with Crippen molar-refractivity contribution < 1.29 is 9.53 Å². The fourth-order valence-corrected chi connectivity index (χ4v) is 4.72. The Bertz CT molecular complexity index is 838. The maximum atomic E-state index is 12.9. The summed E-state index contributed by atoms with van der Waals surface area (Å²) in [5, 5.41) is 7.33. The number of benzene rings is 1. The monoisotopic (exact) mass is 366 g/mol. The molecule has 1 saturated heterocycles. The molecule has 0 radical (unpaired) electrons. The van der Waals surface area contributed by atoms with Crippen molar-refractivity contribution in [3.63, 3.8) is 0 Å². The number of amides is 1. The molecule has 1 aromatic heterocycles. The van der Waals surface area contributed by atoms with Crippen molar-refractivity contribution in [2.24, 2.45) is 0 Å². The number of hydrogen-bond acceptors (Lipinski definition) is 4. The molecule has 5 rings (SSSR count). The second kappa shape index (κ2) is 7.09. The number of H-pyrrole nitrogens is 1. The summed E-state index contributed by atoms with van der Waals surface area (Å²) in [5.74, 6) is 0.0478. The van der Waals surface area contributed by atoms with Crippen LogP contribution in [0.1, 0.15) is 39.3 Å². The van der Waals surface area contributed by atoms with E-state index < -0.39 is 0 Å². The molecule has 0 saturated carbocycles. The number of rotatable bonds is 2. The Morgan fingerprint density at radius 1 is 1.11 bits per heavy atom. The zero-order valence-electron chi connectivity index (χ0n) is 15.6. The summed E-state index contributed by atoms with van der Waals surface area (Å²) in [6.07, 6.45) is 4.33. The van der Waals surface area contributed by atoms with Gasteiger partial charge in [-0.2, -0.15) is 5.10 Å². The second-order valence-electron chi connectivity index (χ2n) is 7.83. The van der Waals surface area contributed by atoms with Gasteiger partial charge in [0, 0.05) is 49.9 Å². The van der Waals surface area contributed by atoms with Gasteiger partial charge in [0.2, 0.25) is 0 Å². The van der Waals surface area contributed by atoms with Crippen LogP contribution >= 0.6 is 0 Å². The lowest BCUT2D eigenvalue weighted by Crippen LogP contribution is -2.53. The fourth-order valence-electron chi connectivity index (χ4n) is 4.72. The number of hydrogen-bond donors (Lipinski definition) is 1. The third kappa shape index (κ3) is 3.17. The van der Waals surface area contributed by atoms with Crippen LogP contribution in [0.5, 0.6) is 0 Å². The highest BCUT2D eigenvalue weighted by atomic mass is 16.5. The van der Waals surface area contributed by atoms with Crippen LogP contribution in [-0.2, 0) is 30.6 Å². The number of nitrogens with one attached hydrogen (secondary N) is 1. The molecular weight excluding hydrogens is 340 g/mol. The molecule has 3 heterocycles. The van der Waals surface area contributed by atoms with E-state index in [0.717, 1.165) is 50.3 Å². The number of aromatic amines is 1. The highest BCUT2D eigenvalue weighted by molar-refractivity contribution is 5.94. The molecule has 2 aliphatic heterocycles. The lowest BCUT2D eigenvalue weighted by molar-refractivity contribution is 0.0540. The summed E-state index contributed by atoms with van der Waals surface area (Å²) in [5.41, 5.74) is 5.58. The summed E-state index contributed by atoms with van der Waals surface area (Å²) >= 11 is 0. The van der Waals surface area contributed by atoms with Gasteiger partial charge in [-0.15, -0.1) is 0 Å². The SMILES string of the molecule is O=C(c1n[nH]c2c1COCC2)N1CCN(C2CCc3ccccc3C2)CC1. The molecule has 1 unspecified atom stereocenters. The topological polar surface area (TPSA) is 61.5 Å². The van der Waals surface area contributed by atoms with Crippen molar-refractivity contribution in [3.05, 3.63) is 52.3 Å². The van der Waals surface area contributed by atoms with Gasteiger partial charge < -0.3 is 9.64 Å². The summed E-state index contributed by atoms with van der Waals surface area (Å²) in [6.45, 7) is 4.64. The largest absolute Gasteiger partial charge is 0.376 e. The molecule has 1 aliphatic carbocycles. The van der Waals surface area contributed by atoms with Crippen LogP contribution in [0.2, 0.25) is 0 Å². The van der Waals surface area contributed by atoms with E-state index in [1.165, 1.54) is 24.0 Å². The Hall–Kier alpha value is -2.18. The van der Waals surface area contributed by atoms with Gasteiger partial charge in [0.25, 0.3) is 5.91 Å². The normalized spacial score (nSPS) is 23.0. The molecule has 1 atom stereocenters. The molecule has 1 aromatic carbocycles. The van der Waals surface area contributed by atoms with E-state index in [9.17, 15) is 4.79 Å². The Morgan fingerprint density at radius 2 is 1.93 bits per heavy atom. The Kier molecular flexibility index (Phi) is 4.45. The first-order valence-electron chi connectivity index (χ1n) is 10.0. The molecule has 3 aliphatic rings. The molecule has 1 amide bonds. The van der Waals surface area contributed by atoms with E-state index >= 15 is 0 Å². The molecule has 1 fully saturated rings. The van der Waals surface area contributed by atoms with E-state index in [0.29, 0.717) is 24.9 Å². The maximum absolute atomic E-state index is 12.9. The van der Waals surface area contributed by atoms with Crippen molar-refractivity contribution in [3.8, 4) is 0 Å². The minimum atomic E-state index is 0.0478. The third-order valence-electron chi connectivity index (χ3n) is 6.34. The van der Waals surface area contributed by atoms with Crippen LogP contribution in [-0.4, -0.2) is 64.7 Å². The number of ether oxygens (including phenoxy) is 1. The summed E-state index contributed by atoms with van der Waals surface area (Å²) in [6, 6.07) is 9.42. The van der Waals surface area contributed by atoms with Crippen LogP contribution in [0.4, 0.5) is 0 Å². The van der Waals surface area contributed by atoms with Gasteiger partial charge in [0.05, 0.1) is 13.2 Å². The lowest BCUT2D eigenvalue weighted by atomic mass is 9.87. The summed E-state index contributed by atoms with van der Waals surface area (Å²) in [7, 11) is 0. The van der Waals surface area contributed by atoms with Gasteiger partial charge in [-0.3, -0.25) is 14.8 Å². The Morgan fingerprint density at radius 3 is 2.78 bits per heavy atom. The molecule has 0 spiro atoms. The minimum Gasteiger partial charge on any atom is -0.376 e. The average molecular weight is 366 g/mol. The molecular formula is C21H26N4O2. The van der Waals surface area contributed by atoms with E-state index in [4.69, 9.17) is 4.74 Å². The molecule has 142 valence electrons. The van der Waals surface area contributed by atoms with Crippen LogP contribution in [0.3, 0.4) is 0 Å². The van der Waals surface area contributed by atoms with E-state index in [1.54, 1.807) is 0 Å². The Balaban J connectivity index is 1.22. The number of piperazine rings is 1. The van der Waals surface area contributed by atoms with Gasteiger partial charge in [0.1, 0.15) is 0 Å². The van der Waals surface area contributed by atoms with Crippen molar-refractivity contribution >= 4 is 5.91 Å². The van der Waals surface area contributed by atoms with E-state index in [2.05, 4.69) is 39.4 Å². The third-order valence-corrected chi connectivity index (χ3v) is 6.34. The van der Waals surface area contributed by atoms with E-state index in [-0.39, 0.29) is 5.91 Å². The van der Waals surface area contributed by atoms with Gasteiger partial charge in [-0.05, 0) is 30.4 Å². The number of aryl methyl sites for hydroxylation is 1. The van der Waals surface area contributed by atoms with Crippen LogP contribution in [0.25, 0.3) is 0 Å². The zero-order valence-corrected chi connectivity index (χ0v) is 15.6. The van der Waals surface area contributed by atoms with Gasteiger partial charge in [0.15, 0.2) is 5.69 Å². The Labute approximate surface area is 159 Å². The van der Waals surface area contributed by atoms with Gasteiger partial charge >= 0.3 is 0 Å². The first kappa shape index (κ1) is 17.0. The minimum absolute atomic E-state index is 0.0478.